The SMILES string of the molecule is CCNC(=NCC1(SC)CCOCC1)NC1CCCSC1.I. The fourth-order valence-electron chi connectivity index (χ4n) is 2.76. The number of guanidine groups is 1. The van der Waals surface area contributed by atoms with Crippen LogP contribution in [0.3, 0.4) is 0 Å². The monoisotopic (exact) mass is 459 g/mol. The molecule has 0 aromatic carbocycles. The molecule has 22 heavy (non-hydrogen) atoms. The summed E-state index contributed by atoms with van der Waals surface area (Å²) in [5.74, 6) is 3.50. The Bertz CT molecular complexity index is 333. The molecule has 2 heterocycles. The molecule has 7 heteroatoms. The molecule has 1 atom stereocenters. The predicted molar refractivity (Wildman–Crippen MR) is 111 cm³/mol. The van der Waals surface area contributed by atoms with Crippen LogP contribution >= 0.6 is 47.5 Å². The highest BCUT2D eigenvalue weighted by molar-refractivity contribution is 14.0. The third-order valence-corrected chi connectivity index (χ3v) is 6.83. The van der Waals surface area contributed by atoms with E-state index in [2.05, 4.69) is 23.8 Å². The van der Waals surface area contributed by atoms with Crippen molar-refractivity contribution in [1.29, 1.82) is 0 Å². The van der Waals surface area contributed by atoms with E-state index in [1.165, 1.54) is 24.3 Å². The fourth-order valence-corrected chi connectivity index (χ4v) is 4.60. The van der Waals surface area contributed by atoms with E-state index in [1.54, 1.807) is 0 Å². The molecule has 0 spiro atoms. The van der Waals surface area contributed by atoms with Gasteiger partial charge in [-0.05, 0) is 44.6 Å². The minimum Gasteiger partial charge on any atom is -0.381 e. The van der Waals surface area contributed by atoms with Crippen molar-refractivity contribution in [2.24, 2.45) is 4.99 Å². The van der Waals surface area contributed by atoms with Gasteiger partial charge in [0.15, 0.2) is 5.96 Å². The first-order valence-electron chi connectivity index (χ1n) is 8.03. The average molecular weight is 459 g/mol. The molecule has 1 unspecified atom stereocenters. The maximum Gasteiger partial charge on any atom is 0.191 e. The summed E-state index contributed by atoms with van der Waals surface area (Å²) >= 11 is 4.00. The molecule has 0 saturated carbocycles. The highest BCUT2D eigenvalue weighted by Gasteiger charge is 2.31. The van der Waals surface area contributed by atoms with Crippen molar-refractivity contribution in [3.8, 4) is 0 Å². The molecule has 0 aliphatic carbocycles. The molecule has 2 fully saturated rings. The minimum atomic E-state index is 0. The number of halogens is 1. The van der Waals surface area contributed by atoms with Crippen molar-refractivity contribution >= 4 is 53.5 Å². The molecule has 0 radical (unpaired) electrons. The number of nitrogens with one attached hydrogen (secondary N) is 2. The second-order valence-corrected chi connectivity index (χ2v) is 8.18. The molecule has 2 aliphatic rings. The number of rotatable bonds is 5. The summed E-state index contributed by atoms with van der Waals surface area (Å²) in [5.41, 5.74) is 0. The third kappa shape index (κ3) is 6.65. The zero-order valence-electron chi connectivity index (χ0n) is 13.7. The largest absolute Gasteiger partial charge is 0.381 e. The van der Waals surface area contributed by atoms with Gasteiger partial charge in [-0.3, -0.25) is 4.99 Å². The fraction of sp³-hybridized carbons (Fsp3) is 0.933. The molecule has 2 rings (SSSR count). The summed E-state index contributed by atoms with van der Waals surface area (Å²) in [5, 5.41) is 7.02. The van der Waals surface area contributed by atoms with Crippen LogP contribution < -0.4 is 10.6 Å². The van der Waals surface area contributed by atoms with Gasteiger partial charge in [0, 0.05) is 36.3 Å². The topological polar surface area (TPSA) is 45.7 Å². The van der Waals surface area contributed by atoms with Crippen LogP contribution in [0.1, 0.15) is 32.6 Å². The molecular weight excluding hydrogens is 429 g/mol. The van der Waals surface area contributed by atoms with Gasteiger partial charge in [0.1, 0.15) is 0 Å². The molecule has 130 valence electrons. The van der Waals surface area contributed by atoms with E-state index < -0.39 is 0 Å². The van der Waals surface area contributed by atoms with Crippen LogP contribution in [0.15, 0.2) is 4.99 Å². The molecule has 0 aromatic rings. The van der Waals surface area contributed by atoms with Crippen LogP contribution in [0.2, 0.25) is 0 Å². The predicted octanol–water partition coefficient (Wildman–Crippen LogP) is 2.97. The molecule has 2 N–H and O–H groups in total. The van der Waals surface area contributed by atoms with Gasteiger partial charge in [0.05, 0.1) is 6.54 Å². The lowest BCUT2D eigenvalue weighted by atomic mass is 9.99. The van der Waals surface area contributed by atoms with Crippen LogP contribution in [-0.2, 0) is 4.74 Å². The van der Waals surface area contributed by atoms with Gasteiger partial charge in [-0.25, -0.2) is 0 Å². The van der Waals surface area contributed by atoms with Crippen LogP contribution in [0.5, 0.6) is 0 Å². The van der Waals surface area contributed by atoms with Crippen molar-refractivity contribution in [2.45, 2.75) is 43.4 Å². The number of nitrogens with zero attached hydrogens (tertiary/aromatic N) is 1. The Morgan fingerprint density at radius 2 is 2.18 bits per heavy atom. The summed E-state index contributed by atoms with van der Waals surface area (Å²) in [6.07, 6.45) is 7.00. The van der Waals surface area contributed by atoms with Crippen LogP contribution in [0.4, 0.5) is 0 Å². The van der Waals surface area contributed by atoms with Crippen LogP contribution in [0.25, 0.3) is 0 Å². The first-order valence-corrected chi connectivity index (χ1v) is 10.4. The Kier molecular flexibility index (Phi) is 10.6. The maximum absolute atomic E-state index is 5.51. The highest BCUT2D eigenvalue weighted by atomic mass is 127. The number of ether oxygens (including phenoxy) is 1. The summed E-state index contributed by atoms with van der Waals surface area (Å²) in [4.78, 5) is 4.88. The number of hydrogen-bond acceptors (Lipinski definition) is 4. The van der Waals surface area contributed by atoms with Gasteiger partial charge in [0.25, 0.3) is 0 Å². The summed E-state index contributed by atoms with van der Waals surface area (Å²) in [7, 11) is 0. The lowest BCUT2D eigenvalue weighted by Gasteiger charge is -2.34. The Morgan fingerprint density at radius 1 is 1.41 bits per heavy atom. The minimum absolute atomic E-state index is 0. The summed E-state index contributed by atoms with van der Waals surface area (Å²) < 4.78 is 5.77. The van der Waals surface area contributed by atoms with Crippen molar-refractivity contribution in [3.63, 3.8) is 0 Å². The van der Waals surface area contributed by atoms with Gasteiger partial charge < -0.3 is 15.4 Å². The molecule has 2 aliphatic heterocycles. The van der Waals surface area contributed by atoms with Gasteiger partial charge in [0.2, 0.25) is 0 Å². The van der Waals surface area contributed by atoms with E-state index in [9.17, 15) is 0 Å². The second-order valence-electron chi connectivity index (χ2n) is 5.75. The zero-order chi connectivity index (χ0) is 15.0. The van der Waals surface area contributed by atoms with Gasteiger partial charge in [-0.2, -0.15) is 23.5 Å². The first kappa shape index (κ1) is 20.7. The smallest absolute Gasteiger partial charge is 0.191 e. The van der Waals surface area contributed by atoms with E-state index in [4.69, 9.17) is 9.73 Å². The quantitative estimate of drug-likeness (QED) is 0.376. The standard InChI is InChI=1S/C15H29N3OS2.HI/c1-3-16-14(18-13-5-4-10-21-11-13)17-12-15(20-2)6-8-19-9-7-15;/h13H,3-12H2,1-2H3,(H2,16,17,18);1H. The van der Waals surface area contributed by atoms with E-state index >= 15 is 0 Å². The Morgan fingerprint density at radius 3 is 2.77 bits per heavy atom. The van der Waals surface area contributed by atoms with E-state index in [0.717, 1.165) is 45.1 Å². The molecule has 0 bridgehead atoms. The lowest BCUT2D eigenvalue weighted by molar-refractivity contribution is 0.0794. The molecule has 0 amide bonds. The van der Waals surface area contributed by atoms with Gasteiger partial charge >= 0.3 is 0 Å². The second kappa shape index (κ2) is 11.3. The highest BCUT2D eigenvalue weighted by Crippen LogP contribution is 2.34. The molecule has 4 nitrogen and oxygen atoms in total. The van der Waals surface area contributed by atoms with E-state index in [-0.39, 0.29) is 28.7 Å². The Labute approximate surface area is 160 Å². The van der Waals surface area contributed by atoms with Gasteiger partial charge in [-0.15, -0.1) is 24.0 Å². The number of hydrogen-bond donors (Lipinski definition) is 2. The Hall–Kier alpha value is 0.660. The van der Waals surface area contributed by atoms with Gasteiger partial charge in [-0.1, -0.05) is 0 Å². The Balaban J connectivity index is 0.00000242. The lowest BCUT2D eigenvalue weighted by Crippen LogP contribution is -2.46. The molecular formula is C15H30IN3OS2. The van der Waals surface area contributed by atoms with Crippen molar-refractivity contribution in [2.75, 3.05) is 44.1 Å². The van der Waals surface area contributed by atoms with Crippen LogP contribution in [0, 0.1) is 0 Å². The normalized spacial score (nSPS) is 25.2. The van der Waals surface area contributed by atoms with E-state index in [1.807, 2.05) is 23.5 Å². The summed E-state index contributed by atoms with van der Waals surface area (Å²) in [6.45, 7) is 5.68. The van der Waals surface area contributed by atoms with Crippen molar-refractivity contribution < 1.29 is 4.74 Å². The number of aliphatic imine (C=N–C) groups is 1. The first-order chi connectivity index (χ1) is 10.3. The molecule has 0 aromatic heterocycles. The average Bonchev–Trinajstić information content (AvgIpc) is 2.55. The van der Waals surface area contributed by atoms with Crippen molar-refractivity contribution in [3.05, 3.63) is 0 Å². The maximum atomic E-state index is 5.51. The molecule has 2 saturated heterocycles. The zero-order valence-corrected chi connectivity index (χ0v) is 17.7. The number of thioether (sulfide) groups is 2. The third-order valence-electron chi connectivity index (χ3n) is 4.21. The van der Waals surface area contributed by atoms with E-state index in [0.29, 0.717) is 6.04 Å². The van der Waals surface area contributed by atoms with Crippen LogP contribution in [-0.4, -0.2) is 60.8 Å². The van der Waals surface area contributed by atoms with Crippen molar-refractivity contribution in [1.82, 2.24) is 10.6 Å². The summed E-state index contributed by atoms with van der Waals surface area (Å²) in [6, 6.07) is 0.571.